The number of ketones is 1. The number of benzene rings is 1. The number of Topliss-reactive ketones (excluding diaryl/α,β-unsaturated/α-hetero) is 1. The van der Waals surface area contributed by atoms with E-state index in [0.29, 0.717) is 12.8 Å². The van der Waals surface area contributed by atoms with E-state index in [2.05, 4.69) is 0 Å². The first kappa shape index (κ1) is 14.5. The van der Waals surface area contributed by atoms with Gasteiger partial charge >= 0.3 is 5.97 Å². The van der Waals surface area contributed by atoms with Crippen LogP contribution in [-0.2, 0) is 4.79 Å². The maximum Gasteiger partial charge on any atom is 0.307 e. The van der Waals surface area contributed by atoms with Crippen molar-refractivity contribution < 1.29 is 23.8 Å². The van der Waals surface area contributed by atoms with Gasteiger partial charge in [-0.3, -0.25) is 9.59 Å². The molecule has 0 saturated heterocycles. The summed E-state index contributed by atoms with van der Waals surface area (Å²) in [5.74, 6) is -3.01. The molecule has 0 heterocycles. The van der Waals surface area contributed by atoms with Crippen molar-refractivity contribution in [1.82, 2.24) is 0 Å². The highest BCUT2D eigenvalue weighted by Gasteiger charge is 2.36. The van der Waals surface area contributed by atoms with Crippen molar-refractivity contribution in [1.29, 1.82) is 0 Å². The number of carbonyl (C=O) groups is 2. The second kappa shape index (κ2) is 6.03. The predicted molar refractivity (Wildman–Crippen MR) is 70.4 cm³/mol. The molecule has 2 rings (SSSR count). The molecule has 1 aromatic rings. The average molecular weight is 280 g/mol. The van der Waals surface area contributed by atoms with Crippen molar-refractivity contribution in [3.8, 4) is 5.75 Å². The molecule has 1 N–H and O–H groups in total. The Bertz CT molecular complexity index is 527. The number of carboxylic acids is 1. The van der Waals surface area contributed by atoms with E-state index < -0.39 is 23.6 Å². The molecule has 5 heteroatoms. The van der Waals surface area contributed by atoms with Crippen LogP contribution in [0, 0.1) is 17.7 Å². The van der Waals surface area contributed by atoms with Gasteiger partial charge in [0.25, 0.3) is 0 Å². The van der Waals surface area contributed by atoms with Crippen molar-refractivity contribution >= 4 is 11.8 Å². The number of hydrogen-bond acceptors (Lipinski definition) is 3. The minimum atomic E-state index is -0.947. The van der Waals surface area contributed by atoms with E-state index in [1.165, 1.54) is 19.2 Å². The first-order chi connectivity index (χ1) is 9.54. The van der Waals surface area contributed by atoms with Crippen LogP contribution >= 0.6 is 0 Å². The summed E-state index contributed by atoms with van der Waals surface area (Å²) in [7, 11) is 1.35. The maximum atomic E-state index is 13.6. The summed E-state index contributed by atoms with van der Waals surface area (Å²) < 4.78 is 18.4. The SMILES string of the molecule is COc1ccc(C(=O)[C@H]2CCCC[C@H]2C(=O)O)cc1F. The van der Waals surface area contributed by atoms with E-state index in [0.717, 1.165) is 18.9 Å². The minimum absolute atomic E-state index is 0.0694. The van der Waals surface area contributed by atoms with E-state index in [4.69, 9.17) is 4.74 Å². The van der Waals surface area contributed by atoms with Crippen molar-refractivity contribution in [3.63, 3.8) is 0 Å². The van der Waals surface area contributed by atoms with Gasteiger partial charge < -0.3 is 9.84 Å². The molecule has 0 unspecified atom stereocenters. The van der Waals surface area contributed by atoms with Gasteiger partial charge in [-0.05, 0) is 31.0 Å². The summed E-state index contributed by atoms with van der Waals surface area (Å²) in [5, 5.41) is 9.19. The first-order valence-electron chi connectivity index (χ1n) is 6.65. The third-order valence-corrected chi connectivity index (χ3v) is 3.86. The number of hydrogen-bond donors (Lipinski definition) is 1. The van der Waals surface area contributed by atoms with Crippen molar-refractivity contribution in [3.05, 3.63) is 29.6 Å². The molecule has 1 aliphatic carbocycles. The molecule has 0 radical (unpaired) electrons. The van der Waals surface area contributed by atoms with Gasteiger partial charge in [0.2, 0.25) is 0 Å². The quantitative estimate of drug-likeness (QED) is 0.861. The number of carbonyl (C=O) groups excluding carboxylic acids is 1. The largest absolute Gasteiger partial charge is 0.494 e. The fourth-order valence-electron chi connectivity index (χ4n) is 2.77. The van der Waals surface area contributed by atoms with Crippen LogP contribution in [0.3, 0.4) is 0 Å². The lowest BCUT2D eigenvalue weighted by Crippen LogP contribution is -2.32. The van der Waals surface area contributed by atoms with E-state index in [-0.39, 0.29) is 17.1 Å². The number of carboxylic acid groups (broad SMARTS) is 1. The Hall–Kier alpha value is -1.91. The van der Waals surface area contributed by atoms with Gasteiger partial charge in [-0.1, -0.05) is 12.8 Å². The van der Waals surface area contributed by atoms with Crippen LogP contribution in [0.5, 0.6) is 5.75 Å². The van der Waals surface area contributed by atoms with Crippen LogP contribution in [0.25, 0.3) is 0 Å². The predicted octanol–water partition coefficient (Wildman–Crippen LogP) is 2.91. The molecule has 108 valence electrons. The molecule has 0 aromatic heterocycles. The Morgan fingerprint density at radius 3 is 2.45 bits per heavy atom. The summed E-state index contributed by atoms with van der Waals surface area (Å²) in [6.45, 7) is 0. The van der Waals surface area contributed by atoms with Crippen molar-refractivity contribution in [2.75, 3.05) is 7.11 Å². The number of aliphatic carboxylic acids is 1. The summed E-state index contributed by atoms with van der Waals surface area (Å²) in [4.78, 5) is 23.6. The van der Waals surface area contributed by atoms with Gasteiger partial charge in [0, 0.05) is 11.5 Å². The highest BCUT2D eigenvalue weighted by Crippen LogP contribution is 2.33. The lowest BCUT2D eigenvalue weighted by molar-refractivity contribution is -0.144. The molecular formula is C15H17FO4. The maximum absolute atomic E-state index is 13.6. The van der Waals surface area contributed by atoms with Crippen LogP contribution < -0.4 is 4.74 Å². The van der Waals surface area contributed by atoms with Crippen molar-refractivity contribution in [2.45, 2.75) is 25.7 Å². The van der Waals surface area contributed by atoms with Gasteiger partial charge in [0.05, 0.1) is 13.0 Å². The minimum Gasteiger partial charge on any atom is -0.494 e. The highest BCUT2D eigenvalue weighted by molar-refractivity contribution is 6.00. The topological polar surface area (TPSA) is 63.6 Å². The van der Waals surface area contributed by atoms with E-state index >= 15 is 0 Å². The summed E-state index contributed by atoms with van der Waals surface area (Å²) in [6, 6.07) is 3.99. The Kier molecular flexibility index (Phi) is 4.37. The molecule has 1 aliphatic rings. The molecule has 1 saturated carbocycles. The van der Waals surface area contributed by atoms with Gasteiger partial charge in [-0.2, -0.15) is 0 Å². The van der Waals surface area contributed by atoms with Crippen LogP contribution in [0.2, 0.25) is 0 Å². The second-order valence-electron chi connectivity index (χ2n) is 5.05. The lowest BCUT2D eigenvalue weighted by atomic mass is 9.75. The molecule has 0 bridgehead atoms. The van der Waals surface area contributed by atoms with Crippen LogP contribution in [0.15, 0.2) is 18.2 Å². The zero-order valence-corrected chi connectivity index (χ0v) is 11.3. The molecule has 1 aromatic carbocycles. The lowest BCUT2D eigenvalue weighted by Gasteiger charge is -2.27. The third-order valence-electron chi connectivity index (χ3n) is 3.86. The highest BCUT2D eigenvalue weighted by atomic mass is 19.1. The Balaban J connectivity index is 2.25. The molecule has 2 atom stereocenters. The number of halogens is 1. The summed E-state index contributed by atoms with van der Waals surface area (Å²) in [5.41, 5.74) is 0.210. The zero-order chi connectivity index (χ0) is 14.7. The first-order valence-corrected chi connectivity index (χ1v) is 6.65. The Morgan fingerprint density at radius 1 is 1.25 bits per heavy atom. The standard InChI is InChI=1S/C15H17FO4/c1-20-13-7-6-9(8-12(13)16)14(17)10-4-2-3-5-11(10)15(18)19/h6-8,10-11H,2-5H2,1H3,(H,18,19)/t10-,11+/m0/s1. The van der Waals surface area contributed by atoms with Crippen LogP contribution in [0.1, 0.15) is 36.0 Å². The molecule has 0 spiro atoms. The molecule has 20 heavy (non-hydrogen) atoms. The Labute approximate surface area is 116 Å². The van der Waals surface area contributed by atoms with Gasteiger partial charge in [-0.25, -0.2) is 4.39 Å². The van der Waals surface area contributed by atoms with Crippen LogP contribution in [-0.4, -0.2) is 24.0 Å². The molecule has 0 amide bonds. The molecular weight excluding hydrogens is 263 g/mol. The normalized spacial score (nSPS) is 22.3. The van der Waals surface area contributed by atoms with Gasteiger partial charge in [-0.15, -0.1) is 0 Å². The van der Waals surface area contributed by atoms with Gasteiger partial charge in [0.15, 0.2) is 17.3 Å². The smallest absolute Gasteiger partial charge is 0.307 e. The van der Waals surface area contributed by atoms with E-state index in [9.17, 15) is 19.1 Å². The molecule has 1 fully saturated rings. The monoisotopic (exact) mass is 280 g/mol. The van der Waals surface area contributed by atoms with E-state index in [1.54, 1.807) is 0 Å². The fourth-order valence-corrected chi connectivity index (χ4v) is 2.77. The van der Waals surface area contributed by atoms with Crippen molar-refractivity contribution in [2.24, 2.45) is 11.8 Å². The second-order valence-corrected chi connectivity index (χ2v) is 5.05. The Morgan fingerprint density at radius 2 is 1.90 bits per heavy atom. The van der Waals surface area contributed by atoms with E-state index in [1.807, 2.05) is 0 Å². The number of rotatable bonds is 4. The summed E-state index contributed by atoms with van der Waals surface area (Å²) in [6.07, 6.45) is 2.70. The third kappa shape index (κ3) is 2.81. The van der Waals surface area contributed by atoms with Gasteiger partial charge in [0.1, 0.15) is 0 Å². The number of ether oxygens (including phenoxy) is 1. The fraction of sp³-hybridized carbons (Fsp3) is 0.467. The summed E-state index contributed by atoms with van der Waals surface area (Å²) >= 11 is 0. The molecule has 0 aliphatic heterocycles. The molecule has 4 nitrogen and oxygen atoms in total. The average Bonchev–Trinajstić information content (AvgIpc) is 2.46. The zero-order valence-electron chi connectivity index (χ0n) is 11.3. The van der Waals surface area contributed by atoms with Crippen LogP contribution in [0.4, 0.5) is 4.39 Å². The number of methoxy groups -OCH3 is 1.